The van der Waals surface area contributed by atoms with Gasteiger partial charge in [0.2, 0.25) is 6.10 Å². The van der Waals surface area contributed by atoms with Crippen molar-refractivity contribution in [2.75, 3.05) is 0 Å². The van der Waals surface area contributed by atoms with Gasteiger partial charge in [0.05, 0.1) is 0 Å². The van der Waals surface area contributed by atoms with Crippen molar-refractivity contribution in [2.24, 2.45) is 0 Å². The molecule has 4 heteroatoms. The van der Waals surface area contributed by atoms with Gasteiger partial charge in [0.25, 0.3) is 11.1 Å². The highest BCUT2D eigenvalue weighted by Gasteiger charge is 2.32. The Morgan fingerprint density at radius 3 is 2.65 bits per heavy atom. The molecule has 1 atom stereocenters. The van der Waals surface area contributed by atoms with Crippen LogP contribution in [0.5, 0.6) is 0 Å². The zero-order chi connectivity index (χ0) is 11.8. The second-order valence-corrected chi connectivity index (χ2v) is 4.21. The second-order valence-electron chi connectivity index (χ2n) is 3.84. The van der Waals surface area contributed by atoms with Crippen molar-refractivity contribution in [1.82, 2.24) is 5.32 Å². The Balaban J connectivity index is 2.17. The zero-order valence-electron chi connectivity index (χ0n) is 8.84. The Kier molecular flexibility index (Phi) is 2.30. The van der Waals surface area contributed by atoms with Crippen molar-refractivity contribution >= 4 is 34.1 Å². The van der Waals surface area contributed by atoms with Crippen molar-refractivity contribution in [3.63, 3.8) is 0 Å². The molecule has 84 valence electrons. The highest BCUT2D eigenvalue weighted by Crippen LogP contribution is 2.29. The summed E-state index contributed by atoms with van der Waals surface area (Å²) in [5.74, 6) is -0.202. The van der Waals surface area contributed by atoms with E-state index in [-0.39, 0.29) is 11.1 Å². The molecule has 0 aromatic heterocycles. The summed E-state index contributed by atoms with van der Waals surface area (Å²) in [6.07, 6.45) is -0.631. The summed E-state index contributed by atoms with van der Waals surface area (Å²) in [4.78, 5) is 11.7. The number of thiocarbonyl (C=S) groups is 1. The minimum Gasteiger partial charge on any atom is -0.452 e. The van der Waals surface area contributed by atoms with E-state index in [1.807, 2.05) is 42.5 Å². The number of ether oxygens (including phenoxy) is 1. The Labute approximate surface area is 103 Å². The van der Waals surface area contributed by atoms with Crippen molar-refractivity contribution in [3.8, 4) is 0 Å². The number of hydrogen-bond acceptors (Lipinski definition) is 3. The molecule has 1 aliphatic heterocycles. The number of amides is 1. The van der Waals surface area contributed by atoms with E-state index in [2.05, 4.69) is 5.32 Å². The van der Waals surface area contributed by atoms with Gasteiger partial charge in [-0.15, -0.1) is 0 Å². The molecule has 17 heavy (non-hydrogen) atoms. The van der Waals surface area contributed by atoms with Crippen LogP contribution in [-0.4, -0.2) is 11.1 Å². The molecule has 3 rings (SSSR count). The first kappa shape index (κ1) is 10.2. The van der Waals surface area contributed by atoms with Gasteiger partial charge in [0.15, 0.2) is 0 Å². The van der Waals surface area contributed by atoms with E-state index < -0.39 is 6.10 Å². The van der Waals surface area contributed by atoms with E-state index in [9.17, 15) is 4.79 Å². The van der Waals surface area contributed by atoms with Crippen LogP contribution in [0.25, 0.3) is 10.8 Å². The minimum absolute atomic E-state index is 0.146. The van der Waals surface area contributed by atoms with Crippen molar-refractivity contribution in [3.05, 3.63) is 48.0 Å². The fourth-order valence-corrected chi connectivity index (χ4v) is 2.24. The molecule has 0 bridgehead atoms. The predicted molar refractivity (Wildman–Crippen MR) is 68.5 cm³/mol. The van der Waals surface area contributed by atoms with Crippen LogP contribution in [0.2, 0.25) is 0 Å². The fraction of sp³-hybridized carbons (Fsp3) is 0.0769. The lowest BCUT2D eigenvalue weighted by Gasteiger charge is -2.10. The van der Waals surface area contributed by atoms with E-state index in [4.69, 9.17) is 17.0 Å². The van der Waals surface area contributed by atoms with E-state index >= 15 is 0 Å². The average Bonchev–Trinajstić information content (AvgIpc) is 2.68. The Morgan fingerprint density at radius 1 is 1.12 bits per heavy atom. The highest BCUT2D eigenvalue weighted by atomic mass is 32.1. The molecule has 1 saturated heterocycles. The van der Waals surface area contributed by atoms with Crippen LogP contribution in [0.3, 0.4) is 0 Å². The molecule has 3 nitrogen and oxygen atoms in total. The average molecular weight is 243 g/mol. The molecule has 2 aromatic rings. The number of carbonyl (C=O) groups excluding carboxylic acids is 1. The molecule has 1 heterocycles. The molecule has 0 aliphatic carbocycles. The highest BCUT2D eigenvalue weighted by molar-refractivity contribution is 7.80. The van der Waals surface area contributed by atoms with Gasteiger partial charge in [-0.25, -0.2) is 0 Å². The van der Waals surface area contributed by atoms with Gasteiger partial charge >= 0.3 is 0 Å². The number of carbonyl (C=O) groups is 1. The van der Waals surface area contributed by atoms with E-state index in [1.54, 1.807) is 0 Å². The summed E-state index contributed by atoms with van der Waals surface area (Å²) >= 11 is 4.84. The monoisotopic (exact) mass is 243 g/mol. The number of benzene rings is 2. The summed E-state index contributed by atoms with van der Waals surface area (Å²) in [7, 11) is 0. The standard InChI is InChI=1S/C13H9NO2S/c15-12-11(16-13(17)14-12)10-7-3-5-8-4-1-2-6-9(8)10/h1-7,11H,(H,14,15,17). The zero-order valence-corrected chi connectivity index (χ0v) is 9.66. The molecule has 0 spiro atoms. The molecule has 2 aromatic carbocycles. The third kappa shape index (κ3) is 1.66. The Hall–Kier alpha value is -1.94. The Bertz CT molecular complexity index is 618. The maximum Gasteiger partial charge on any atom is 0.273 e. The van der Waals surface area contributed by atoms with Crippen LogP contribution >= 0.6 is 12.2 Å². The summed E-state index contributed by atoms with van der Waals surface area (Å²) in [5.41, 5.74) is 0.848. The van der Waals surface area contributed by atoms with Gasteiger partial charge < -0.3 is 4.74 Å². The Morgan fingerprint density at radius 2 is 1.88 bits per heavy atom. The molecule has 1 N–H and O–H groups in total. The van der Waals surface area contributed by atoms with Crippen LogP contribution in [0, 0.1) is 0 Å². The van der Waals surface area contributed by atoms with Crippen molar-refractivity contribution in [2.45, 2.75) is 6.10 Å². The third-order valence-corrected chi connectivity index (χ3v) is 2.99. The van der Waals surface area contributed by atoms with E-state index in [0.717, 1.165) is 16.3 Å². The lowest BCUT2D eigenvalue weighted by atomic mass is 10.0. The molecule has 1 aliphatic rings. The molecule has 0 saturated carbocycles. The van der Waals surface area contributed by atoms with Crippen LogP contribution < -0.4 is 5.32 Å². The summed E-state index contributed by atoms with van der Waals surface area (Å²) < 4.78 is 5.34. The molecular formula is C13H9NO2S. The van der Waals surface area contributed by atoms with E-state index in [0.29, 0.717) is 0 Å². The largest absolute Gasteiger partial charge is 0.452 e. The van der Waals surface area contributed by atoms with Gasteiger partial charge in [-0.2, -0.15) is 0 Å². The molecule has 0 radical (unpaired) electrons. The first-order valence-corrected chi connectivity index (χ1v) is 5.66. The van der Waals surface area contributed by atoms with Gasteiger partial charge in [-0.05, 0) is 23.0 Å². The van der Waals surface area contributed by atoms with Crippen molar-refractivity contribution < 1.29 is 9.53 Å². The van der Waals surface area contributed by atoms with Crippen LogP contribution in [0.4, 0.5) is 0 Å². The first-order chi connectivity index (χ1) is 8.25. The molecule has 1 unspecified atom stereocenters. The lowest BCUT2D eigenvalue weighted by molar-refractivity contribution is -0.123. The van der Waals surface area contributed by atoms with Crippen LogP contribution in [-0.2, 0) is 9.53 Å². The van der Waals surface area contributed by atoms with Gasteiger partial charge in [0, 0.05) is 5.56 Å². The van der Waals surface area contributed by atoms with Crippen molar-refractivity contribution in [1.29, 1.82) is 0 Å². The van der Waals surface area contributed by atoms with Crippen LogP contribution in [0.1, 0.15) is 11.7 Å². The topological polar surface area (TPSA) is 38.3 Å². The number of hydrogen-bond donors (Lipinski definition) is 1. The van der Waals surface area contributed by atoms with Gasteiger partial charge in [0.1, 0.15) is 0 Å². The third-order valence-electron chi connectivity index (χ3n) is 2.79. The SMILES string of the molecule is O=C1NC(=S)OC1c1cccc2ccccc12. The molecule has 1 fully saturated rings. The number of rotatable bonds is 1. The first-order valence-electron chi connectivity index (χ1n) is 5.25. The predicted octanol–water partition coefficient (Wildman–Crippen LogP) is 2.31. The normalized spacial score (nSPS) is 19.2. The quantitative estimate of drug-likeness (QED) is 0.781. The number of nitrogens with one attached hydrogen (secondary N) is 1. The van der Waals surface area contributed by atoms with Crippen LogP contribution in [0.15, 0.2) is 42.5 Å². The minimum atomic E-state index is -0.631. The van der Waals surface area contributed by atoms with E-state index in [1.165, 1.54) is 0 Å². The number of fused-ring (bicyclic) bond motifs is 1. The second kappa shape index (κ2) is 3.82. The fourth-order valence-electron chi connectivity index (χ4n) is 2.04. The lowest BCUT2D eigenvalue weighted by Crippen LogP contribution is -2.20. The van der Waals surface area contributed by atoms with Gasteiger partial charge in [-0.3, -0.25) is 10.1 Å². The summed E-state index contributed by atoms with van der Waals surface area (Å²) in [6.45, 7) is 0. The summed E-state index contributed by atoms with van der Waals surface area (Å²) in [5, 5.41) is 4.74. The molecular weight excluding hydrogens is 234 g/mol. The summed E-state index contributed by atoms with van der Waals surface area (Å²) in [6, 6.07) is 13.7. The van der Waals surface area contributed by atoms with Gasteiger partial charge in [-0.1, -0.05) is 42.5 Å². The maximum absolute atomic E-state index is 11.7. The maximum atomic E-state index is 11.7. The smallest absolute Gasteiger partial charge is 0.273 e. The molecule has 1 amide bonds.